The lowest BCUT2D eigenvalue weighted by molar-refractivity contribution is -0.116. The molecule has 0 spiro atoms. The number of ether oxygens (including phenoxy) is 2. The molecule has 0 saturated carbocycles. The van der Waals surface area contributed by atoms with E-state index in [4.69, 9.17) is 9.47 Å². The van der Waals surface area contributed by atoms with E-state index in [9.17, 15) is 9.59 Å². The zero-order valence-electron chi connectivity index (χ0n) is 15.7. The Bertz CT molecular complexity index is 966. The number of carbonyl (C=O) groups excluding carboxylic acids is 2. The molecule has 1 N–H and O–H groups in total. The Morgan fingerprint density at radius 1 is 1.04 bits per heavy atom. The Morgan fingerprint density at radius 2 is 1.82 bits per heavy atom. The second kappa shape index (κ2) is 9.19. The number of benzene rings is 2. The van der Waals surface area contributed by atoms with Crippen LogP contribution in [0.1, 0.15) is 22.3 Å². The van der Waals surface area contributed by atoms with Crippen molar-refractivity contribution in [3.8, 4) is 16.9 Å². The highest BCUT2D eigenvalue weighted by Crippen LogP contribution is 2.31. The molecule has 2 aromatic carbocycles. The first kappa shape index (κ1) is 19.6. The lowest BCUT2D eigenvalue weighted by Gasteiger charge is -2.11. The second-order valence-electron chi connectivity index (χ2n) is 6.14. The maximum atomic E-state index is 12.3. The predicted molar refractivity (Wildman–Crippen MR) is 111 cm³/mol. The summed E-state index contributed by atoms with van der Waals surface area (Å²) in [6, 6.07) is 16.0. The van der Waals surface area contributed by atoms with Crippen molar-refractivity contribution in [1.82, 2.24) is 0 Å². The first-order valence-corrected chi connectivity index (χ1v) is 9.73. The molecule has 1 amide bonds. The zero-order valence-corrected chi connectivity index (χ0v) is 16.5. The van der Waals surface area contributed by atoms with Gasteiger partial charge in [-0.15, -0.1) is 11.3 Å². The van der Waals surface area contributed by atoms with Gasteiger partial charge in [-0.3, -0.25) is 4.79 Å². The van der Waals surface area contributed by atoms with E-state index in [1.165, 1.54) is 18.4 Å². The molecule has 5 nitrogen and oxygen atoms in total. The summed E-state index contributed by atoms with van der Waals surface area (Å²) in [5.41, 5.74) is 3.95. The summed E-state index contributed by atoms with van der Waals surface area (Å²) in [4.78, 5) is 24.0. The largest absolute Gasteiger partial charge is 0.496 e. The molecule has 1 aromatic heterocycles. The van der Waals surface area contributed by atoms with Crippen LogP contribution < -0.4 is 10.1 Å². The number of thiophene rings is 1. The van der Waals surface area contributed by atoms with Crippen LogP contribution in [0.3, 0.4) is 0 Å². The minimum Gasteiger partial charge on any atom is -0.496 e. The van der Waals surface area contributed by atoms with Gasteiger partial charge in [0.2, 0.25) is 5.91 Å². The number of nitrogens with one attached hydrogen (secondary N) is 1. The average molecular weight is 395 g/mol. The number of amides is 1. The van der Waals surface area contributed by atoms with Crippen LogP contribution in [0.25, 0.3) is 11.1 Å². The standard InChI is InChI=1S/C22H21NO4S/c1-26-20-12-15(8-10-17(20)16-6-4-3-5-7-16)9-11-21(24)23-19-14-28-13-18(19)22(25)27-2/h3-8,10,12-14H,9,11H2,1-2H3,(H,23,24). The van der Waals surface area contributed by atoms with E-state index >= 15 is 0 Å². The number of esters is 1. The predicted octanol–water partition coefficient (Wildman–Crippen LogP) is 4.78. The third-order valence-corrected chi connectivity index (χ3v) is 5.08. The quantitative estimate of drug-likeness (QED) is 0.585. The number of aryl methyl sites for hydroxylation is 1. The minimum atomic E-state index is -0.460. The van der Waals surface area contributed by atoms with E-state index in [1.54, 1.807) is 17.9 Å². The van der Waals surface area contributed by atoms with Gasteiger partial charge >= 0.3 is 5.97 Å². The third kappa shape index (κ3) is 4.58. The summed E-state index contributed by atoms with van der Waals surface area (Å²) in [5.74, 6) is 0.155. The van der Waals surface area contributed by atoms with E-state index in [1.807, 2.05) is 48.5 Å². The maximum Gasteiger partial charge on any atom is 0.340 e. The number of carbonyl (C=O) groups is 2. The van der Waals surface area contributed by atoms with Crippen molar-refractivity contribution < 1.29 is 19.1 Å². The fraction of sp³-hybridized carbons (Fsp3) is 0.182. The molecule has 0 aliphatic heterocycles. The number of hydrogen-bond donors (Lipinski definition) is 1. The van der Waals surface area contributed by atoms with Gasteiger partial charge in [0.05, 0.1) is 25.5 Å². The molecule has 0 bridgehead atoms. The van der Waals surface area contributed by atoms with Crippen molar-refractivity contribution in [1.29, 1.82) is 0 Å². The summed E-state index contributed by atoms with van der Waals surface area (Å²) in [6.07, 6.45) is 0.860. The number of anilines is 1. The van der Waals surface area contributed by atoms with Crippen molar-refractivity contribution in [2.24, 2.45) is 0 Å². The summed E-state index contributed by atoms with van der Waals surface area (Å²) >= 11 is 1.34. The van der Waals surface area contributed by atoms with Crippen molar-refractivity contribution in [2.45, 2.75) is 12.8 Å². The smallest absolute Gasteiger partial charge is 0.340 e. The van der Waals surface area contributed by atoms with Crippen molar-refractivity contribution >= 4 is 28.9 Å². The first-order valence-electron chi connectivity index (χ1n) is 8.79. The minimum absolute atomic E-state index is 0.158. The van der Waals surface area contributed by atoms with Crippen LogP contribution >= 0.6 is 11.3 Å². The van der Waals surface area contributed by atoms with Crippen LogP contribution in [0.2, 0.25) is 0 Å². The van der Waals surface area contributed by atoms with Crippen LogP contribution in [0.4, 0.5) is 5.69 Å². The van der Waals surface area contributed by atoms with Gasteiger partial charge in [0, 0.05) is 22.7 Å². The molecule has 28 heavy (non-hydrogen) atoms. The Labute approximate surface area is 167 Å². The topological polar surface area (TPSA) is 64.6 Å². The van der Waals surface area contributed by atoms with Crippen molar-refractivity contribution in [3.63, 3.8) is 0 Å². The Hall–Kier alpha value is -3.12. The summed E-state index contributed by atoms with van der Waals surface area (Å²) in [7, 11) is 2.96. The fourth-order valence-electron chi connectivity index (χ4n) is 2.88. The van der Waals surface area contributed by atoms with Gasteiger partial charge in [0.1, 0.15) is 5.75 Å². The molecular formula is C22H21NO4S. The summed E-state index contributed by atoms with van der Waals surface area (Å²) in [5, 5.41) is 6.17. The van der Waals surface area contributed by atoms with Gasteiger partial charge < -0.3 is 14.8 Å². The van der Waals surface area contributed by atoms with Crippen molar-refractivity contribution in [3.05, 3.63) is 70.4 Å². The molecule has 0 fully saturated rings. The van der Waals surface area contributed by atoms with E-state index in [2.05, 4.69) is 5.32 Å². The van der Waals surface area contributed by atoms with Crippen molar-refractivity contribution in [2.75, 3.05) is 19.5 Å². The Morgan fingerprint density at radius 3 is 2.54 bits per heavy atom. The molecule has 0 atom stereocenters. The van der Waals surface area contributed by atoms with Gasteiger partial charge in [-0.2, -0.15) is 0 Å². The molecule has 6 heteroatoms. The number of rotatable bonds is 7. The zero-order chi connectivity index (χ0) is 19.9. The van der Waals surface area contributed by atoms with Gasteiger partial charge in [0.25, 0.3) is 0 Å². The summed E-state index contributed by atoms with van der Waals surface area (Å²) < 4.78 is 10.3. The molecule has 3 aromatic rings. The highest BCUT2D eigenvalue weighted by atomic mass is 32.1. The lowest BCUT2D eigenvalue weighted by atomic mass is 10.0. The van der Waals surface area contributed by atoms with E-state index in [0.717, 1.165) is 22.4 Å². The van der Waals surface area contributed by atoms with Gasteiger partial charge in [-0.1, -0.05) is 42.5 Å². The van der Waals surface area contributed by atoms with Gasteiger partial charge in [-0.25, -0.2) is 4.79 Å². The van der Waals surface area contributed by atoms with Crippen LogP contribution in [0.15, 0.2) is 59.3 Å². The Kier molecular flexibility index (Phi) is 6.45. The van der Waals surface area contributed by atoms with Gasteiger partial charge in [0.15, 0.2) is 0 Å². The Balaban J connectivity index is 1.65. The third-order valence-electron chi connectivity index (χ3n) is 4.33. The first-order chi connectivity index (χ1) is 13.6. The molecule has 0 aliphatic rings. The molecule has 0 unspecified atom stereocenters. The molecule has 0 aliphatic carbocycles. The van der Waals surface area contributed by atoms with Crippen LogP contribution in [0, 0.1) is 0 Å². The number of hydrogen-bond acceptors (Lipinski definition) is 5. The molecule has 0 radical (unpaired) electrons. The van der Waals surface area contributed by atoms with Gasteiger partial charge in [-0.05, 0) is 23.6 Å². The SMILES string of the molecule is COC(=O)c1cscc1NC(=O)CCc1ccc(-c2ccccc2)c(OC)c1. The monoisotopic (exact) mass is 395 g/mol. The molecule has 144 valence electrons. The van der Waals surface area contributed by atoms with Crippen LogP contribution in [-0.4, -0.2) is 26.1 Å². The highest BCUT2D eigenvalue weighted by molar-refractivity contribution is 7.08. The maximum absolute atomic E-state index is 12.3. The normalized spacial score (nSPS) is 10.4. The van der Waals surface area contributed by atoms with E-state index in [-0.39, 0.29) is 5.91 Å². The highest BCUT2D eigenvalue weighted by Gasteiger charge is 2.15. The molecule has 1 heterocycles. The second-order valence-corrected chi connectivity index (χ2v) is 6.88. The average Bonchev–Trinajstić information content (AvgIpc) is 3.20. The van der Waals surface area contributed by atoms with Crippen LogP contribution in [-0.2, 0) is 16.0 Å². The van der Waals surface area contributed by atoms with Crippen LogP contribution in [0.5, 0.6) is 5.75 Å². The lowest BCUT2D eigenvalue weighted by Crippen LogP contribution is -2.14. The van der Waals surface area contributed by atoms with E-state index in [0.29, 0.717) is 24.1 Å². The molecule has 3 rings (SSSR count). The fourth-order valence-corrected chi connectivity index (χ4v) is 3.63. The van der Waals surface area contributed by atoms with E-state index < -0.39 is 5.97 Å². The molecular weight excluding hydrogens is 374 g/mol. The summed E-state index contributed by atoms with van der Waals surface area (Å²) in [6.45, 7) is 0. The molecule has 0 saturated heterocycles. The number of methoxy groups -OCH3 is 2.